The molecule has 0 aliphatic rings. The molecule has 3 aromatic rings. The second-order valence-electron chi connectivity index (χ2n) is 8.73. The summed E-state index contributed by atoms with van der Waals surface area (Å²) < 4.78 is 0. The zero-order chi connectivity index (χ0) is 24.8. The van der Waals surface area contributed by atoms with Crippen molar-refractivity contribution in [3.63, 3.8) is 0 Å². The second-order valence-corrected chi connectivity index (χ2v) is 9.14. The number of aryl methyl sites for hydroxylation is 1. The molecule has 1 atom stereocenters. The Hall–Kier alpha value is -3.31. The molecule has 3 rings (SSSR count). The van der Waals surface area contributed by atoms with Crippen molar-refractivity contribution in [3.05, 3.63) is 94.0 Å². The van der Waals surface area contributed by atoms with Gasteiger partial charge in [-0.2, -0.15) is 0 Å². The molecule has 6 heteroatoms. The maximum atomic E-state index is 13.5. The van der Waals surface area contributed by atoms with E-state index in [9.17, 15) is 9.59 Å². The topological polar surface area (TPSA) is 52.7 Å². The first-order chi connectivity index (χ1) is 16.2. The van der Waals surface area contributed by atoms with Crippen molar-refractivity contribution in [3.8, 4) is 0 Å². The Labute approximate surface area is 207 Å². The molecule has 2 amide bonds. The summed E-state index contributed by atoms with van der Waals surface area (Å²) in [6.45, 7) is 6.55. The zero-order valence-corrected chi connectivity index (χ0v) is 21.2. The lowest BCUT2D eigenvalue weighted by atomic mass is 10.1. The number of carbonyl (C=O) groups is 2. The third kappa shape index (κ3) is 5.97. The first kappa shape index (κ1) is 25.3. The van der Waals surface area contributed by atoms with Crippen molar-refractivity contribution in [2.45, 2.75) is 39.8 Å². The van der Waals surface area contributed by atoms with E-state index >= 15 is 0 Å². The molecule has 0 saturated carbocycles. The number of hydrogen-bond acceptors (Lipinski definition) is 3. The lowest BCUT2D eigenvalue weighted by molar-refractivity contribution is 0.0671. The quantitative estimate of drug-likeness (QED) is 0.408. The zero-order valence-electron chi connectivity index (χ0n) is 20.4. The maximum absolute atomic E-state index is 13.5. The predicted molar refractivity (Wildman–Crippen MR) is 141 cm³/mol. The highest BCUT2D eigenvalue weighted by molar-refractivity contribution is 6.34. The van der Waals surface area contributed by atoms with Crippen LogP contribution in [0.4, 0.5) is 11.4 Å². The van der Waals surface area contributed by atoms with Crippen LogP contribution in [-0.4, -0.2) is 36.9 Å². The number of hydrogen-bond donors (Lipinski definition) is 1. The van der Waals surface area contributed by atoms with Crippen LogP contribution in [0.1, 0.15) is 52.1 Å². The van der Waals surface area contributed by atoms with Crippen molar-refractivity contribution in [1.29, 1.82) is 0 Å². The molecule has 3 aromatic carbocycles. The number of nitrogens with one attached hydrogen (secondary N) is 1. The Kier molecular flexibility index (Phi) is 8.35. The van der Waals surface area contributed by atoms with Crippen LogP contribution >= 0.6 is 11.6 Å². The van der Waals surface area contributed by atoms with E-state index in [0.717, 1.165) is 23.2 Å². The van der Waals surface area contributed by atoms with Gasteiger partial charge in [0, 0.05) is 43.6 Å². The minimum absolute atomic E-state index is 0.00624. The minimum Gasteiger partial charge on any atom is -0.377 e. The highest BCUT2D eigenvalue weighted by Gasteiger charge is 2.23. The van der Waals surface area contributed by atoms with Gasteiger partial charge < -0.3 is 15.1 Å². The fourth-order valence-corrected chi connectivity index (χ4v) is 4.07. The Bertz CT molecular complexity index is 1180. The van der Waals surface area contributed by atoms with Crippen molar-refractivity contribution >= 4 is 34.8 Å². The molecule has 5 nitrogen and oxygen atoms in total. The molecule has 0 aliphatic heterocycles. The summed E-state index contributed by atoms with van der Waals surface area (Å²) >= 11 is 6.20. The molecule has 1 N–H and O–H groups in total. The third-order valence-corrected chi connectivity index (χ3v) is 6.26. The molecule has 0 bridgehead atoms. The number of nitrogens with zero attached hydrogens (tertiary/aromatic N) is 2. The Balaban J connectivity index is 1.94. The minimum atomic E-state index is -0.274. The molecule has 1 unspecified atom stereocenters. The van der Waals surface area contributed by atoms with E-state index in [0.29, 0.717) is 28.4 Å². The first-order valence-corrected chi connectivity index (χ1v) is 11.8. The van der Waals surface area contributed by atoms with Crippen LogP contribution in [0, 0.1) is 6.92 Å². The van der Waals surface area contributed by atoms with Crippen LogP contribution in [0.3, 0.4) is 0 Å². The highest BCUT2D eigenvalue weighted by atomic mass is 35.5. The van der Waals surface area contributed by atoms with Gasteiger partial charge in [0.2, 0.25) is 0 Å². The number of carbonyl (C=O) groups excluding carboxylic acids is 2. The smallest absolute Gasteiger partial charge is 0.257 e. The Morgan fingerprint density at radius 2 is 1.74 bits per heavy atom. The molecular weight excluding hydrogens is 446 g/mol. The van der Waals surface area contributed by atoms with Gasteiger partial charge in [-0.3, -0.25) is 9.59 Å². The van der Waals surface area contributed by atoms with Gasteiger partial charge in [0.05, 0.1) is 10.6 Å². The fourth-order valence-electron chi connectivity index (χ4n) is 3.85. The largest absolute Gasteiger partial charge is 0.377 e. The van der Waals surface area contributed by atoms with Crippen LogP contribution in [0.2, 0.25) is 5.02 Å². The molecule has 0 radical (unpaired) electrons. The summed E-state index contributed by atoms with van der Waals surface area (Å²) in [6.07, 6.45) is 0.831. The van der Waals surface area contributed by atoms with Crippen LogP contribution in [-0.2, 0) is 6.54 Å². The van der Waals surface area contributed by atoms with Gasteiger partial charge in [-0.05, 0) is 68.3 Å². The number of halogens is 1. The van der Waals surface area contributed by atoms with Crippen molar-refractivity contribution in [2.24, 2.45) is 0 Å². The summed E-state index contributed by atoms with van der Waals surface area (Å²) in [5.41, 5.74) is 4.73. The van der Waals surface area contributed by atoms with E-state index in [-0.39, 0.29) is 17.9 Å². The maximum Gasteiger partial charge on any atom is 0.257 e. The molecule has 178 valence electrons. The van der Waals surface area contributed by atoms with E-state index in [4.69, 9.17) is 11.6 Å². The Morgan fingerprint density at radius 3 is 2.38 bits per heavy atom. The molecular formula is C28H32ClN3O2. The molecule has 0 fully saturated rings. The van der Waals surface area contributed by atoms with Crippen LogP contribution in [0.5, 0.6) is 0 Å². The number of amides is 2. The molecule has 0 spiro atoms. The van der Waals surface area contributed by atoms with Gasteiger partial charge in [-0.25, -0.2) is 0 Å². The monoisotopic (exact) mass is 477 g/mol. The van der Waals surface area contributed by atoms with Crippen molar-refractivity contribution < 1.29 is 9.59 Å². The van der Waals surface area contributed by atoms with Crippen molar-refractivity contribution in [1.82, 2.24) is 4.90 Å². The second kappa shape index (κ2) is 11.2. The van der Waals surface area contributed by atoms with Gasteiger partial charge in [0.1, 0.15) is 0 Å². The summed E-state index contributed by atoms with van der Waals surface area (Å²) in [4.78, 5) is 30.2. The first-order valence-electron chi connectivity index (χ1n) is 11.4. The molecule has 0 heterocycles. The van der Waals surface area contributed by atoms with Gasteiger partial charge in [-0.15, -0.1) is 0 Å². The molecule has 0 aromatic heterocycles. The van der Waals surface area contributed by atoms with Crippen LogP contribution in [0.15, 0.2) is 66.7 Å². The van der Waals surface area contributed by atoms with Gasteiger partial charge in [0.15, 0.2) is 0 Å². The van der Waals surface area contributed by atoms with Crippen LogP contribution < -0.4 is 10.2 Å². The van der Waals surface area contributed by atoms with E-state index in [1.807, 2.05) is 73.3 Å². The van der Waals surface area contributed by atoms with Crippen molar-refractivity contribution in [2.75, 3.05) is 24.3 Å². The van der Waals surface area contributed by atoms with Gasteiger partial charge in [-0.1, -0.05) is 48.4 Å². The van der Waals surface area contributed by atoms with E-state index < -0.39 is 0 Å². The van der Waals surface area contributed by atoms with E-state index in [1.165, 1.54) is 0 Å². The highest BCUT2D eigenvalue weighted by Crippen LogP contribution is 2.27. The average molecular weight is 478 g/mol. The summed E-state index contributed by atoms with van der Waals surface area (Å²) in [6, 6.07) is 20.4. The standard InChI is InChI=1S/C28H32ClN3O2/c1-6-20(3)32(28(34)21-11-9-10-19(2)16-21)18-22-17-23(14-15-26(22)31(4)5)30-27(33)24-12-7-8-13-25(24)29/h7-17,20H,6,18H2,1-5H3,(H,30,33). The third-order valence-electron chi connectivity index (χ3n) is 5.93. The lowest BCUT2D eigenvalue weighted by Crippen LogP contribution is -2.38. The van der Waals surface area contributed by atoms with E-state index in [1.54, 1.807) is 24.3 Å². The summed E-state index contributed by atoms with van der Waals surface area (Å²) in [5.74, 6) is -0.281. The molecule has 0 aliphatic carbocycles. The fraction of sp³-hybridized carbons (Fsp3) is 0.286. The summed E-state index contributed by atoms with van der Waals surface area (Å²) in [5, 5.41) is 3.34. The normalized spacial score (nSPS) is 11.6. The van der Waals surface area contributed by atoms with E-state index in [2.05, 4.69) is 19.2 Å². The number of rotatable bonds is 8. The molecule has 34 heavy (non-hydrogen) atoms. The molecule has 0 saturated heterocycles. The SMILES string of the molecule is CCC(C)N(Cc1cc(NC(=O)c2ccccc2Cl)ccc1N(C)C)C(=O)c1cccc(C)c1. The van der Waals surface area contributed by atoms with Crippen LogP contribution in [0.25, 0.3) is 0 Å². The van der Waals surface area contributed by atoms with Gasteiger partial charge in [0.25, 0.3) is 11.8 Å². The predicted octanol–water partition coefficient (Wildman–Crippen LogP) is 6.41. The Morgan fingerprint density at radius 1 is 1.00 bits per heavy atom. The van der Waals surface area contributed by atoms with Gasteiger partial charge >= 0.3 is 0 Å². The lowest BCUT2D eigenvalue weighted by Gasteiger charge is -2.31. The number of anilines is 2. The average Bonchev–Trinajstić information content (AvgIpc) is 2.81. The number of benzene rings is 3. The summed E-state index contributed by atoms with van der Waals surface area (Å²) in [7, 11) is 3.94.